The average molecular weight is 387 g/mol. The van der Waals surface area contributed by atoms with Gasteiger partial charge in [0.25, 0.3) is 0 Å². The SMILES string of the molecule is COc1ccc(S(=O)(=O)N2CCc3[nH]c4ccccc4c3C2)cc1[N+](=O)[O-]. The van der Waals surface area contributed by atoms with Gasteiger partial charge in [0.1, 0.15) is 0 Å². The molecule has 0 spiro atoms. The second-order valence-corrected chi connectivity index (χ2v) is 8.24. The molecule has 0 bridgehead atoms. The third kappa shape index (κ3) is 2.84. The number of hydrogen-bond acceptors (Lipinski definition) is 5. The van der Waals surface area contributed by atoms with Crippen molar-refractivity contribution in [3.05, 3.63) is 63.8 Å². The van der Waals surface area contributed by atoms with Crippen LogP contribution in [0.1, 0.15) is 11.3 Å². The van der Waals surface area contributed by atoms with E-state index in [1.54, 1.807) is 0 Å². The van der Waals surface area contributed by atoms with Gasteiger partial charge < -0.3 is 9.72 Å². The van der Waals surface area contributed by atoms with Crippen molar-refractivity contribution >= 4 is 26.6 Å². The lowest BCUT2D eigenvalue weighted by atomic mass is 10.1. The van der Waals surface area contributed by atoms with E-state index in [-0.39, 0.29) is 22.9 Å². The molecule has 4 rings (SSSR count). The van der Waals surface area contributed by atoms with E-state index in [0.29, 0.717) is 13.0 Å². The van der Waals surface area contributed by atoms with Gasteiger partial charge in [0.15, 0.2) is 5.75 Å². The fraction of sp³-hybridized carbons (Fsp3) is 0.222. The van der Waals surface area contributed by atoms with Gasteiger partial charge in [-0.2, -0.15) is 4.31 Å². The van der Waals surface area contributed by atoms with E-state index in [1.807, 2.05) is 24.3 Å². The van der Waals surface area contributed by atoms with Gasteiger partial charge in [-0.25, -0.2) is 8.42 Å². The Labute approximate surface area is 155 Å². The van der Waals surface area contributed by atoms with Crippen molar-refractivity contribution in [1.29, 1.82) is 0 Å². The smallest absolute Gasteiger partial charge is 0.312 e. The Bertz CT molecular complexity index is 1150. The Hall–Kier alpha value is -2.91. The Balaban J connectivity index is 1.73. The lowest BCUT2D eigenvalue weighted by molar-refractivity contribution is -0.386. The Morgan fingerprint density at radius 2 is 2.00 bits per heavy atom. The van der Waals surface area contributed by atoms with Crippen molar-refractivity contribution in [3.63, 3.8) is 0 Å². The number of nitrogens with one attached hydrogen (secondary N) is 1. The molecule has 2 aromatic carbocycles. The lowest BCUT2D eigenvalue weighted by Crippen LogP contribution is -2.35. The highest BCUT2D eigenvalue weighted by atomic mass is 32.2. The van der Waals surface area contributed by atoms with Crippen LogP contribution in [0.5, 0.6) is 5.75 Å². The maximum Gasteiger partial charge on any atom is 0.312 e. The van der Waals surface area contributed by atoms with Gasteiger partial charge in [-0.15, -0.1) is 0 Å². The van der Waals surface area contributed by atoms with Crippen LogP contribution in [0.4, 0.5) is 5.69 Å². The molecule has 0 atom stereocenters. The highest BCUT2D eigenvalue weighted by Gasteiger charge is 2.32. The number of rotatable bonds is 4. The molecule has 0 amide bonds. The first-order valence-corrected chi connectivity index (χ1v) is 9.77. The number of sulfonamides is 1. The zero-order chi connectivity index (χ0) is 19.2. The topological polar surface area (TPSA) is 106 Å². The number of aromatic amines is 1. The van der Waals surface area contributed by atoms with Crippen LogP contribution in [0.25, 0.3) is 10.9 Å². The van der Waals surface area contributed by atoms with Crippen molar-refractivity contribution in [2.75, 3.05) is 13.7 Å². The first kappa shape index (κ1) is 17.5. The van der Waals surface area contributed by atoms with E-state index in [2.05, 4.69) is 4.98 Å². The molecule has 0 radical (unpaired) electrons. The molecule has 0 unspecified atom stereocenters. The van der Waals surface area contributed by atoms with Gasteiger partial charge in [-0.05, 0) is 23.8 Å². The Morgan fingerprint density at radius 3 is 2.74 bits per heavy atom. The van der Waals surface area contributed by atoms with Crippen LogP contribution in [0.2, 0.25) is 0 Å². The van der Waals surface area contributed by atoms with Crippen LogP contribution in [0.15, 0.2) is 47.4 Å². The van der Waals surface area contributed by atoms with Crippen LogP contribution < -0.4 is 4.74 Å². The predicted octanol–water partition coefficient (Wildman–Crippen LogP) is 2.83. The van der Waals surface area contributed by atoms with Crippen molar-refractivity contribution in [3.8, 4) is 5.75 Å². The van der Waals surface area contributed by atoms with Crippen LogP contribution in [0.3, 0.4) is 0 Å². The number of nitro benzene ring substituents is 1. The van der Waals surface area contributed by atoms with E-state index >= 15 is 0 Å². The van der Waals surface area contributed by atoms with Crippen LogP contribution in [-0.2, 0) is 23.0 Å². The molecule has 140 valence electrons. The van der Waals surface area contributed by atoms with Crippen molar-refractivity contribution in [1.82, 2.24) is 9.29 Å². The van der Waals surface area contributed by atoms with Gasteiger partial charge in [-0.3, -0.25) is 10.1 Å². The summed E-state index contributed by atoms with van der Waals surface area (Å²) in [5, 5.41) is 12.2. The number of nitro groups is 1. The van der Waals surface area contributed by atoms with Gasteiger partial charge >= 0.3 is 5.69 Å². The third-order valence-corrected chi connectivity index (χ3v) is 6.67. The van der Waals surface area contributed by atoms with Crippen molar-refractivity contribution in [2.24, 2.45) is 0 Å². The minimum Gasteiger partial charge on any atom is -0.490 e. The summed E-state index contributed by atoms with van der Waals surface area (Å²) in [7, 11) is -2.57. The number of benzene rings is 2. The number of H-pyrrole nitrogens is 1. The van der Waals surface area contributed by atoms with E-state index in [0.717, 1.165) is 28.2 Å². The largest absolute Gasteiger partial charge is 0.490 e. The summed E-state index contributed by atoms with van der Waals surface area (Å²) in [6, 6.07) is 11.5. The summed E-state index contributed by atoms with van der Waals surface area (Å²) in [5.74, 6) is 0.0245. The summed E-state index contributed by atoms with van der Waals surface area (Å²) < 4.78 is 32.5. The molecule has 0 aliphatic carbocycles. The third-order valence-electron chi connectivity index (χ3n) is 4.83. The number of ether oxygens (including phenoxy) is 1. The number of hydrogen-bond donors (Lipinski definition) is 1. The number of methoxy groups -OCH3 is 1. The molecule has 3 aromatic rings. The molecule has 1 aliphatic rings. The average Bonchev–Trinajstić information content (AvgIpc) is 3.05. The van der Waals surface area contributed by atoms with E-state index < -0.39 is 14.9 Å². The second-order valence-electron chi connectivity index (χ2n) is 6.31. The second kappa shape index (κ2) is 6.36. The molecule has 1 aromatic heterocycles. The van der Waals surface area contributed by atoms with Gasteiger partial charge in [-0.1, -0.05) is 18.2 Å². The maximum atomic E-state index is 13.1. The first-order chi connectivity index (χ1) is 12.9. The number of aromatic nitrogens is 1. The number of nitrogens with zero attached hydrogens (tertiary/aromatic N) is 2. The molecule has 0 saturated heterocycles. The molecular weight excluding hydrogens is 370 g/mol. The van der Waals surface area contributed by atoms with E-state index in [4.69, 9.17) is 4.74 Å². The fourth-order valence-electron chi connectivity index (χ4n) is 3.47. The standard InChI is InChI=1S/C18H17N3O5S/c1-26-18-7-6-12(10-17(18)21(22)23)27(24,25)20-9-8-16-14(11-20)13-4-2-3-5-15(13)19-16/h2-7,10,19H,8-9,11H2,1H3. The van der Waals surface area contributed by atoms with Crippen LogP contribution >= 0.6 is 0 Å². The van der Waals surface area contributed by atoms with Gasteiger partial charge in [0.2, 0.25) is 10.0 Å². The van der Waals surface area contributed by atoms with E-state index in [9.17, 15) is 18.5 Å². The fourth-order valence-corrected chi connectivity index (χ4v) is 4.90. The Kier molecular flexibility index (Phi) is 4.12. The quantitative estimate of drug-likeness (QED) is 0.547. The number of fused-ring (bicyclic) bond motifs is 3. The molecule has 1 aliphatic heterocycles. The zero-order valence-electron chi connectivity index (χ0n) is 14.5. The summed E-state index contributed by atoms with van der Waals surface area (Å²) in [6.45, 7) is 0.531. The lowest BCUT2D eigenvalue weighted by Gasteiger charge is -2.26. The molecule has 0 fully saturated rings. The minimum atomic E-state index is -3.87. The zero-order valence-corrected chi connectivity index (χ0v) is 15.3. The highest BCUT2D eigenvalue weighted by molar-refractivity contribution is 7.89. The summed E-state index contributed by atoms with van der Waals surface area (Å²) in [6.07, 6.45) is 0.557. The van der Waals surface area contributed by atoms with Crippen LogP contribution in [-0.4, -0.2) is 36.3 Å². The summed E-state index contributed by atoms with van der Waals surface area (Å²) in [5.41, 5.74) is 2.58. The van der Waals surface area contributed by atoms with Crippen molar-refractivity contribution in [2.45, 2.75) is 17.9 Å². The molecule has 8 nitrogen and oxygen atoms in total. The maximum absolute atomic E-state index is 13.1. The monoisotopic (exact) mass is 387 g/mol. The highest BCUT2D eigenvalue weighted by Crippen LogP contribution is 2.33. The van der Waals surface area contributed by atoms with E-state index in [1.165, 1.54) is 23.5 Å². The summed E-state index contributed by atoms with van der Waals surface area (Å²) >= 11 is 0. The van der Waals surface area contributed by atoms with Gasteiger partial charge in [0.05, 0.1) is 16.9 Å². The predicted molar refractivity (Wildman–Crippen MR) is 99.2 cm³/mol. The number of para-hydroxylation sites is 1. The molecule has 0 saturated carbocycles. The minimum absolute atomic E-state index is 0.0245. The molecule has 2 heterocycles. The normalized spacial score (nSPS) is 14.9. The first-order valence-electron chi connectivity index (χ1n) is 8.33. The summed E-state index contributed by atoms with van der Waals surface area (Å²) in [4.78, 5) is 13.8. The Morgan fingerprint density at radius 1 is 1.22 bits per heavy atom. The molecule has 9 heteroatoms. The van der Waals surface area contributed by atoms with Crippen LogP contribution in [0, 0.1) is 10.1 Å². The molecular formula is C18H17N3O5S. The molecule has 27 heavy (non-hydrogen) atoms. The van der Waals surface area contributed by atoms with Gasteiger partial charge in [0, 0.05) is 42.2 Å². The van der Waals surface area contributed by atoms with Crippen molar-refractivity contribution < 1.29 is 18.1 Å². The molecule has 1 N–H and O–H groups in total.